The van der Waals surface area contributed by atoms with Crippen molar-refractivity contribution in [2.24, 2.45) is 5.41 Å². The van der Waals surface area contributed by atoms with Crippen molar-refractivity contribution in [2.75, 3.05) is 13.1 Å². The number of hydrogen-bond acceptors (Lipinski definition) is 3. The summed E-state index contributed by atoms with van der Waals surface area (Å²) < 4.78 is 39.9. The lowest BCUT2D eigenvalue weighted by Gasteiger charge is -2.37. The quantitative estimate of drug-likeness (QED) is 0.832. The molecule has 1 heterocycles. The average Bonchev–Trinajstić information content (AvgIpc) is 2.68. The second-order valence-corrected chi connectivity index (χ2v) is 9.47. The number of sulfonamides is 1. The Bertz CT molecular complexity index is 950. The summed E-state index contributed by atoms with van der Waals surface area (Å²) in [5.74, 6) is -0.537. The highest BCUT2D eigenvalue weighted by atomic mass is 32.2. The molecule has 1 N–H and O–H groups in total. The summed E-state index contributed by atoms with van der Waals surface area (Å²) in [6.45, 7) is 4.85. The molecule has 1 amide bonds. The summed E-state index contributed by atoms with van der Waals surface area (Å²) in [5.41, 5.74) is 1.57. The molecule has 0 bridgehead atoms. The predicted molar refractivity (Wildman–Crippen MR) is 106 cm³/mol. The molecule has 7 heteroatoms. The molecule has 0 unspecified atom stereocenters. The Morgan fingerprint density at radius 1 is 1.11 bits per heavy atom. The highest BCUT2D eigenvalue weighted by Gasteiger charge is 2.40. The first-order chi connectivity index (χ1) is 13.2. The van der Waals surface area contributed by atoms with Crippen LogP contribution in [0, 0.1) is 18.2 Å². The maximum Gasteiger partial charge on any atom is 0.243 e. The molecule has 150 valence electrons. The topological polar surface area (TPSA) is 66.5 Å². The standard InChI is InChI=1S/C21H25FN2O3S/c1-16-5-3-4-6-17(16)15-23-20(25)21(2)11-13-24(14-12-21)28(26,27)19-9-7-18(22)8-10-19/h3-10H,11-15H2,1-2H3,(H,23,25). The van der Waals surface area contributed by atoms with Gasteiger partial charge in [-0.1, -0.05) is 31.2 Å². The molecule has 28 heavy (non-hydrogen) atoms. The summed E-state index contributed by atoms with van der Waals surface area (Å²) in [4.78, 5) is 12.8. The van der Waals surface area contributed by atoms with Crippen molar-refractivity contribution in [3.63, 3.8) is 0 Å². The summed E-state index contributed by atoms with van der Waals surface area (Å²) in [6.07, 6.45) is 0.875. The molecule has 2 aromatic rings. The Morgan fingerprint density at radius 3 is 2.32 bits per heavy atom. The maximum atomic E-state index is 13.1. The minimum absolute atomic E-state index is 0.0606. The van der Waals surface area contributed by atoms with Gasteiger partial charge in [-0.3, -0.25) is 4.79 Å². The molecule has 1 fully saturated rings. The minimum atomic E-state index is -3.68. The van der Waals surface area contributed by atoms with Crippen LogP contribution in [-0.2, 0) is 21.4 Å². The number of rotatable bonds is 5. The molecule has 1 aliphatic heterocycles. The van der Waals surface area contributed by atoms with Gasteiger partial charge < -0.3 is 5.32 Å². The van der Waals surface area contributed by atoms with Crippen LogP contribution in [0.15, 0.2) is 53.4 Å². The molecule has 0 atom stereocenters. The number of nitrogens with one attached hydrogen (secondary N) is 1. The van der Waals surface area contributed by atoms with E-state index in [1.165, 1.54) is 16.4 Å². The van der Waals surface area contributed by atoms with Crippen LogP contribution in [0.1, 0.15) is 30.9 Å². The maximum absolute atomic E-state index is 13.1. The van der Waals surface area contributed by atoms with E-state index >= 15 is 0 Å². The molecule has 0 radical (unpaired) electrons. The van der Waals surface area contributed by atoms with Gasteiger partial charge in [-0.05, 0) is 55.2 Å². The molecule has 0 aliphatic carbocycles. The van der Waals surface area contributed by atoms with Crippen molar-refractivity contribution in [2.45, 2.75) is 38.1 Å². The summed E-state index contributed by atoms with van der Waals surface area (Å²) in [6, 6.07) is 12.7. The molecular weight excluding hydrogens is 379 g/mol. The zero-order chi connectivity index (χ0) is 20.4. The summed E-state index contributed by atoms with van der Waals surface area (Å²) in [5, 5.41) is 2.99. The van der Waals surface area contributed by atoms with E-state index in [1.54, 1.807) is 0 Å². The third kappa shape index (κ3) is 4.25. The number of piperidine rings is 1. The number of amides is 1. The van der Waals surface area contributed by atoms with Crippen LogP contribution in [0.5, 0.6) is 0 Å². The molecule has 0 spiro atoms. The summed E-state index contributed by atoms with van der Waals surface area (Å²) in [7, 11) is -3.68. The Labute approximate surface area is 165 Å². The monoisotopic (exact) mass is 404 g/mol. The number of nitrogens with zero attached hydrogens (tertiary/aromatic N) is 1. The van der Waals surface area contributed by atoms with Crippen molar-refractivity contribution >= 4 is 15.9 Å². The average molecular weight is 405 g/mol. The second kappa shape index (κ2) is 8.01. The number of benzene rings is 2. The lowest BCUT2D eigenvalue weighted by molar-refractivity contribution is -0.132. The zero-order valence-corrected chi connectivity index (χ0v) is 16.9. The van der Waals surface area contributed by atoms with Crippen LogP contribution in [0.3, 0.4) is 0 Å². The second-order valence-electron chi connectivity index (χ2n) is 7.53. The largest absolute Gasteiger partial charge is 0.352 e. The lowest BCUT2D eigenvalue weighted by atomic mass is 9.80. The summed E-state index contributed by atoms with van der Waals surface area (Å²) >= 11 is 0. The highest BCUT2D eigenvalue weighted by Crippen LogP contribution is 2.33. The van der Waals surface area contributed by atoms with Gasteiger partial charge in [0, 0.05) is 25.0 Å². The molecule has 0 aromatic heterocycles. The molecule has 2 aromatic carbocycles. The Hall–Kier alpha value is -2.25. The number of carbonyl (C=O) groups excluding carboxylic acids is 1. The Balaban J connectivity index is 1.62. The Kier molecular flexibility index (Phi) is 5.86. The van der Waals surface area contributed by atoms with E-state index in [0.717, 1.165) is 23.3 Å². The molecule has 5 nitrogen and oxygen atoms in total. The van der Waals surface area contributed by atoms with Gasteiger partial charge in [0.1, 0.15) is 5.82 Å². The normalized spacial score (nSPS) is 17.2. The van der Waals surface area contributed by atoms with Crippen molar-refractivity contribution in [1.29, 1.82) is 0 Å². The van der Waals surface area contributed by atoms with Crippen LogP contribution in [-0.4, -0.2) is 31.7 Å². The van der Waals surface area contributed by atoms with E-state index in [4.69, 9.17) is 0 Å². The van der Waals surface area contributed by atoms with E-state index < -0.39 is 21.3 Å². The van der Waals surface area contributed by atoms with Crippen LogP contribution < -0.4 is 5.32 Å². The number of carbonyl (C=O) groups is 1. The van der Waals surface area contributed by atoms with Crippen LogP contribution in [0.25, 0.3) is 0 Å². The van der Waals surface area contributed by atoms with Gasteiger partial charge in [-0.2, -0.15) is 4.31 Å². The van der Waals surface area contributed by atoms with Gasteiger partial charge in [-0.15, -0.1) is 0 Å². The van der Waals surface area contributed by atoms with Gasteiger partial charge in [-0.25, -0.2) is 12.8 Å². The molecule has 3 rings (SSSR count). The number of hydrogen-bond donors (Lipinski definition) is 1. The molecule has 1 aliphatic rings. The van der Waals surface area contributed by atoms with E-state index in [9.17, 15) is 17.6 Å². The number of halogens is 1. The van der Waals surface area contributed by atoms with Gasteiger partial charge in [0.25, 0.3) is 0 Å². The van der Waals surface area contributed by atoms with E-state index in [-0.39, 0.29) is 23.9 Å². The van der Waals surface area contributed by atoms with E-state index in [1.807, 2.05) is 38.1 Å². The molecule has 0 saturated carbocycles. The van der Waals surface area contributed by atoms with E-state index in [2.05, 4.69) is 5.32 Å². The van der Waals surface area contributed by atoms with Crippen LogP contribution in [0.2, 0.25) is 0 Å². The lowest BCUT2D eigenvalue weighted by Crippen LogP contribution is -2.48. The SMILES string of the molecule is Cc1ccccc1CNC(=O)C1(C)CCN(S(=O)(=O)c2ccc(F)cc2)CC1. The van der Waals surface area contributed by atoms with Gasteiger partial charge in [0.15, 0.2) is 0 Å². The minimum Gasteiger partial charge on any atom is -0.352 e. The highest BCUT2D eigenvalue weighted by molar-refractivity contribution is 7.89. The zero-order valence-electron chi connectivity index (χ0n) is 16.1. The van der Waals surface area contributed by atoms with Crippen molar-refractivity contribution in [3.05, 3.63) is 65.5 Å². The first kappa shape index (κ1) is 20.5. The fourth-order valence-corrected chi connectivity index (χ4v) is 4.84. The molecule has 1 saturated heterocycles. The van der Waals surface area contributed by atoms with Crippen LogP contribution in [0.4, 0.5) is 4.39 Å². The van der Waals surface area contributed by atoms with Gasteiger partial charge >= 0.3 is 0 Å². The van der Waals surface area contributed by atoms with Crippen molar-refractivity contribution < 1.29 is 17.6 Å². The first-order valence-electron chi connectivity index (χ1n) is 9.31. The fourth-order valence-electron chi connectivity index (χ4n) is 3.40. The Morgan fingerprint density at radius 2 is 1.71 bits per heavy atom. The smallest absolute Gasteiger partial charge is 0.243 e. The molecular formula is C21H25FN2O3S. The third-order valence-electron chi connectivity index (χ3n) is 5.53. The van der Waals surface area contributed by atoms with Gasteiger partial charge in [0.05, 0.1) is 4.90 Å². The first-order valence-corrected chi connectivity index (χ1v) is 10.7. The van der Waals surface area contributed by atoms with Crippen molar-refractivity contribution in [1.82, 2.24) is 9.62 Å². The number of aryl methyl sites for hydroxylation is 1. The third-order valence-corrected chi connectivity index (χ3v) is 7.44. The van der Waals surface area contributed by atoms with Gasteiger partial charge in [0.2, 0.25) is 15.9 Å². The van der Waals surface area contributed by atoms with Crippen molar-refractivity contribution in [3.8, 4) is 0 Å². The fraction of sp³-hybridized carbons (Fsp3) is 0.381. The predicted octanol–water partition coefficient (Wildman–Crippen LogP) is 3.24. The van der Waals surface area contributed by atoms with Crippen LogP contribution >= 0.6 is 0 Å². The van der Waals surface area contributed by atoms with E-state index in [0.29, 0.717) is 19.4 Å².